The highest BCUT2D eigenvalue weighted by atomic mass is 32.2. The molecular weight excluding hydrogens is 510 g/mol. The van der Waals surface area contributed by atoms with Crippen LogP contribution in [0.25, 0.3) is 0 Å². The number of rotatable bonds is 9. The second-order valence-corrected chi connectivity index (χ2v) is 9.43. The minimum absolute atomic E-state index is 0.0464. The maximum absolute atomic E-state index is 12.9. The largest absolute Gasteiger partial charge is 0.489 e. The van der Waals surface area contributed by atoms with Crippen LogP contribution in [-0.2, 0) is 32.8 Å². The number of aryl methyl sites for hydroxylation is 1. The van der Waals surface area contributed by atoms with Crippen LogP contribution >= 0.6 is 0 Å². The molecule has 0 bridgehead atoms. The molecule has 0 aliphatic carbocycles. The van der Waals surface area contributed by atoms with Crippen molar-refractivity contribution in [3.05, 3.63) is 53.1 Å². The van der Waals surface area contributed by atoms with Crippen molar-refractivity contribution in [3.8, 4) is 11.5 Å². The van der Waals surface area contributed by atoms with E-state index in [2.05, 4.69) is 9.71 Å². The zero-order valence-electron chi connectivity index (χ0n) is 19.3. The van der Waals surface area contributed by atoms with Crippen LogP contribution in [0, 0.1) is 0 Å². The number of guanidine groups is 1. The van der Waals surface area contributed by atoms with E-state index in [9.17, 15) is 22.8 Å². The lowest BCUT2D eigenvalue weighted by molar-refractivity contribution is -0.145. The summed E-state index contributed by atoms with van der Waals surface area (Å²) in [5, 5.41) is 17.9. The number of carbonyl (C=O) groups is 3. The number of carbonyl (C=O) groups excluding carboxylic acids is 1. The first kappa shape index (κ1) is 27.4. The fraction of sp³-hybridized carbons (Fsp3) is 0.273. The molecule has 198 valence electrons. The van der Waals surface area contributed by atoms with E-state index >= 15 is 0 Å². The predicted molar refractivity (Wildman–Crippen MR) is 130 cm³/mol. The number of esters is 1. The normalized spacial score (nSPS) is 14.2. The number of hydrogen-bond donors (Lipinski definition) is 6. The maximum Gasteiger partial charge on any atom is 0.343 e. The summed E-state index contributed by atoms with van der Waals surface area (Å²) in [6.45, 7) is -0.174. The molecule has 2 aromatic carbocycles. The quantitative estimate of drug-likeness (QED) is 0.108. The van der Waals surface area contributed by atoms with Gasteiger partial charge in [-0.2, -0.15) is 17.9 Å². The van der Waals surface area contributed by atoms with E-state index in [1.165, 1.54) is 18.2 Å². The fourth-order valence-corrected chi connectivity index (χ4v) is 4.48. The van der Waals surface area contributed by atoms with Crippen LogP contribution in [-0.4, -0.2) is 55.1 Å². The molecule has 8 N–H and O–H groups in total. The van der Waals surface area contributed by atoms with E-state index in [4.69, 9.17) is 31.2 Å². The highest BCUT2D eigenvalue weighted by Gasteiger charge is 2.27. The van der Waals surface area contributed by atoms with Gasteiger partial charge in [-0.15, -0.1) is 0 Å². The Bertz CT molecular complexity index is 1340. The van der Waals surface area contributed by atoms with Crippen LogP contribution in [0.4, 0.5) is 5.69 Å². The molecule has 1 heterocycles. The number of carboxylic acid groups (broad SMARTS) is 2. The number of nitrogens with one attached hydrogen (secondary N) is 2. The van der Waals surface area contributed by atoms with Crippen molar-refractivity contribution in [1.82, 2.24) is 9.44 Å². The first-order valence-corrected chi connectivity index (χ1v) is 12.3. The van der Waals surface area contributed by atoms with Gasteiger partial charge in [0.15, 0.2) is 17.5 Å². The summed E-state index contributed by atoms with van der Waals surface area (Å²) in [7, 11) is -4.42. The molecule has 1 aliphatic heterocycles. The third-order valence-corrected chi connectivity index (χ3v) is 6.21. The topological polar surface area (TPSA) is 233 Å². The van der Waals surface area contributed by atoms with Crippen molar-refractivity contribution >= 4 is 39.8 Å². The van der Waals surface area contributed by atoms with Crippen molar-refractivity contribution in [3.63, 3.8) is 0 Å². The summed E-state index contributed by atoms with van der Waals surface area (Å²) in [6.07, 6.45) is -0.0282. The smallest absolute Gasteiger partial charge is 0.343 e. The molecule has 0 fully saturated rings. The molecule has 0 radical (unpaired) electrons. The van der Waals surface area contributed by atoms with Crippen molar-refractivity contribution in [2.45, 2.75) is 31.8 Å². The lowest BCUT2D eigenvalue weighted by Crippen LogP contribution is -2.47. The maximum atomic E-state index is 12.9. The van der Waals surface area contributed by atoms with Gasteiger partial charge in [0.25, 0.3) is 10.2 Å². The van der Waals surface area contributed by atoms with Gasteiger partial charge in [0, 0.05) is 12.1 Å². The number of benzene rings is 2. The average Bonchev–Trinajstić information content (AvgIpc) is 2.80. The Hall–Kier alpha value is -4.21. The second kappa shape index (κ2) is 11.7. The van der Waals surface area contributed by atoms with Crippen LogP contribution < -0.4 is 30.4 Å². The first-order valence-electron chi connectivity index (χ1n) is 10.9. The first-order chi connectivity index (χ1) is 17.4. The van der Waals surface area contributed by atoms with E-state index in [1.807, 2.05) is 0 Å². The van der Waals surface area contributed by atoms with Gasteiger partial charge in [-0.3, -0.25) is 9.59 Å². The number of fused-ring (bicyclic) bond motifs is 2. The van der Waals surface area contributed by atoms with Gasteiger partial charge >= 0.3 is 17.9 Å². The SMILES string of the molecule is NC(N)=Nc1ccc2c(c1)CCCOc1c(CNS(=O)(=O)NC(CC(=O)O)C(=O)O)cccc1OC2=O. The van der Waals surface area contributed by atoms with Gasteiger partial charge in [0.05, 0.1) is 24.3 Å². The number of ether oxygens (including phenoxy) is 2. The zero-order chi connectivity index (χ0) is 27.2. The number of carboxylic acids is 2. The minimum atomic E-state index is -4.42. The summed E-state index contributed by atoms with van der Waals surface area (Å²) in [6, 6.07) is 7.44. The number of para-hydroxylation sites is 1. The van der Waals surface area contributed by atoms with E-state index in [0.29, 0.717) is 35.2 Å². The molecule has 14 nitrogen and oxygen atoms in total. The number of nitrogens with zero attached hydrogens (tertiary/aromatic N) is 1. The van der Waals surface area contributed by atoms with E-state index in [-0.39, 0.29) is 30.6 Å². The summed E-state index contributed by atoms with van der Waals surface area (Å²) in [5.41, 5.74) is 12.6. The lowest BCUT2D eigenvalue weighted by Gasteiger charge is -2.19. The van der Waals surface area contributed by atoms with Gasteiger partial charge in [-0.05, 0) is 42.7 Å². The van der Waals surface area contributed by atoms with Crippen LogP contribution in [0.15, 0.2) is 41.4 Å². The molecule has 3 rings (SSSR count). The summed E-state index contributed by atoms with van der Waals surface area (Å²) in [5.74, 6) is -3.76. The summed E-state index contributed by atoms with van der Waals surface area (Å²) >= 11 is 0. The van der Waals surface area contributed by atoms with Crippen LogP contribution in [0.2, 0.25) is 0 Å². The predicted octanol–water partition coefficient (Wildman–Crippen LogP) is -0.0124. The Kier molecular flexibility index (Phi) is 8.65. The Morgan fingerprint density at radius 1 is 1.16 bits per heavy atom. The van der Waals surface area contributed by atoms with Crippen molar-refractivity contribution in [2.75, 3.05) is 6.61 Å². The third-order valence-electron chi connectivity index (χ3n) is 5.09. The lowest BCUT2D eigenvalue weighted by atomic mass is 10.0. The van der Waals surface area contributed by atoms with E-state index in [1.54, 1.807) is 22.9 Å². The molecule has 15 heteroatoms. The molecule has 1 aliphatic rings. The second-order valence-electron chi connectivity index (χ2n) is 7.90. The fourth-order valence-electron chi connectivity index (χ4n) is 3.50. The van der Waals surface area contributed by atoms with Crippen LogP contribution in [0.3, 0.4) is 0 Å². The highest BCUT2D eigenvalue weighted by molar-refractivity contribution is 7.87. The Morgan fingerprint density at radius 3 is 2.59 bits per heavy atom. The Balaban J connectivity index is 1.82. The highest BCUT2D eigenvalue weighted by Crippen LogP contribution is 2.34. The molecule has 0 saturated heterocycles. The van der Waals surface area contributed by atoms with Gasteiger partial charge in [-0.25, -0.2) is 9.79 Å². The number of hydrogen-bond acceptors (Lipinski definition) is 8. The van der Waals surface area contributed by atoms with Crippen LogP contribution in [0.5, 0.6) is 11.5 Å². The molecule has 2 aromatic rings. The summed E-state index contributed by atoms with van der Waals surface area (Å²) in [4.78, 5) is 38.9. The molecule has 0 saturated carbocycles. The molecule has 0 amide bonds. The van der Waals surface area contributed by atoms with E-state index < -0.39 is 40.6 Å². The van der Waals surface area contributed by atoms with Gasteiger partial charge in [-0.1, -0.05) is 12.1 Å². The molecule has 1 atom stereocenters. The standard InChI is InChI=1S/C22H25N5O9S/c23-22(24)26-14-6-7-15-12(9-14)4-2-8-35-19-13(3-1-5-17(19)36-21(15)32)11-25-37(33,34)27-16(20(30)31)10-18(28)29/h1,3,5-7,9,16,25,27H,2,4,8,10-11H2,(H,28,29)(H,30,31)(H4,23,24,26). The zero-order valence-corrected chi connectivity index (χ0v) is 20.2. The monoisotopic (exact) mass is 535 g/mol. The molecule has 0 aromatic heterocycles. The Labute approximate surface area is 211 Å². The van der Waals surface area contributed by atoms with Gasteiger partial charge < -0.3 is 31.2 Å². The third kappa shape index (κ3) is 7.63. The Morgan fingerprint density at radius 2 is 1.92 bits per heavy atom. The number of aliphatic imine (C=N–C) groups is 1. The van der Waals surface area contributed by atoms with Crippen molar-refractivity contribution in [1.29, 1.82) is 0 Å². The van der Waals surface area contributed by atoms with Crippen molar-refractivity contribution < 1.29 is 42.5 Å². The van der Waals surface area contributed by atoms with Gasteiger partial charge in [0.1, 0.15) is 6.04 Å². The van der Waals surface area contributed by atoms with Gasteiger partial charge in [0.2, 0.25) is 0 Å². The number of nitrogens with two attached hydrogens (primary N) is 2. The molecule has 37 heavy (non-hydrogen) atoms. The minimum Gasteiger partial charge on any atom is -0.489 e. The van der Waals surface area contributed by atoms with E-state index in [0.717, 1.165) is 0 Å². The van der Waals surface area contributed by atoms with Crippen molar-refractivity contribution in [2.24, 2.45) is 16.5 Å². The summed E-state index contributed by atoms with van der Waals surface area (Å²) < 4.78 is 40.0. The number of aliphatic carboxylic acids is 2. The molecule has 1 unspecified atom stereocenters. The molecule has 0 spiro atoms. The van der Waals surface area contributed by atoms with Crippen LogP contribution in [0.1, 0.15) is 34.3 Å². The molecular formula is C22H25N5O9S. The average molecular weight is 536 g/mol.